The highest BCUT2D eigenvalue weighted by atomic mass is 35.5. The first-order valence-corrected chi connectivity index (χ1v) is 13.5. The van der Waals surface area contributed by atoms with Gasteiger partial charge in [0.1, 0.15) is 23.1 Å². The summed E-state index contributed by atoms with van der Waals surface area (Å²) < 4.78 is 5.69. The number of halogens is 1. The van der Waals surface area contributed by atoms with Gasteiger partial charge in [0.25, 0.3) is 0 Å². The number of alkyl carbamates (subject to hydrolysis) is 1. The van der Waals surface area contributed by atoms with Gasteiger partial charge in [0.05, 0.1) is 11.7 Å². The molecule has 4 fully saturated rings. The van der Waals surface area contributed by atoms with E-state index in [4.69, 9.17) is 16.3 Å². The van der Waals surface area contributed by atoms with Gasteiger partial charge < -0.3 is 20.7 Å². The van der Waals surface area contributed by atoms with Crippen LogP contribution in [0, 0.1) is 35.0 Å². The van der Waals surface area contributed by atoms with E-state index in [0.29, 0.717) is 47.3 Å². The summed E-state index contributed by atoms with van der Waals surface area (Å²) in [5, 5.41) is 20.4. The van der Waals surface area contributed by atoms with Crippen molar-refractivity contribution in [1.82, 2.24) is 15.3 Å². The van der Waals surface area contributed by atoms with E-state index in [9.17, 15) is 10.1 Å². The highest BCUT2D eigenvalue weighted by molar-refractivity contribution is 6.31. The number of nitrogens with one attached hydrogen (secondary N) is 3. The lowest BCUT2D eigenvalue weighted by molar-refractivity contribution is -0.0691. The maximum atomic E-state index is 13.0. The first-order chi connectivity index (χ1) is 17.6. The zero-order valence-electron chi connectivity index (χ0n) is 21.7. The second-order valence-electron chi connectivity index (χ2n) is 11.8. The summed E-state index contributed by atoms with van der Waals surface area (Å²) in [6, 6.07) is 9.79. The van der Waals surface area contributed by atoms with E-state index in [0.717, 1.165) is 43.1 Å². The lowest BCUT2D eigenvalue weighted by Crippen LogP contribution is -2.69. The molecule has 4 aliphatic carbocycles. The lowest BCUT2D eigenvalue weighted by Gasteiger charge is -2.61. The Morgan fingerprint density at radius 2 is 1.81 bits per heavy atom. The van der Waals surface area contributed by atoms with Crippen molar-refractivity contribution in [2.75, 3.05) is 17.2 Å². The number of hydrogen-bond donors (Lipinski definition) is 3. The minimum atomic E-state index is -0.576. The first-order valence-electron chi connectivity index (χ1n) is 13.1. The largest absolute Gasteiger partial charge is 0.444 e. The number of nitrogens with zero attached hydrogens (tertiary/aromatic N) is 3. The van der Waals surface area contributed by atoms with Crippen molar-refractivity contribution < 1.29 is 9.53 Å². The van der Waals surface area contributed by atoms with Crippen LogP contribution >= 0.6 is 11.6 Å². The Hall–Kier alpha value is -3.05. The fourth-order valence-corrected chi connectivity index (χ4v) is 6.99. The molecule has 8 nitrogen and oxygen atoms in total. The van der Waals surface area contributed by atoms with Crippen molar-refractivity contribution in [3.05, 3.63) is 46.6 Å². The van der Waals surface area contributed by atoms with Crippen molar-refractivity contribution >= 4 is 29.5 Å². The molecule has 196 valence electrons. The molecule has 0 aliphatic heterocycles. The van der Waals surface area contributed by atoms with E-state index < -0.39 is 11.1 Å². The van der Waals surface area contributed by atoms with Crippen molar-refractivity contribution in [3.63, 3.8) is 0 Å². The van der Waals surface area contributed by atoms with Crippen LogP contribution in [-0.4, -0.2) is 33.7 Å². The average Bonchev–Trinajstić information content (AvgIpc) is 2.83. The fourth-order valence-electron chi connectivity index (χ4n) is 6.79. The zero-order valence-corrected chi connectivity index (χ0v) is 22.4. The number of anilines is 2. The molecule has 4 bridgehead atoms. The maximum Gasteiger partial charge on any atom is 0.408 e. The average molecular weight is 523 g/mol. The van der Waals surface area contributed by atoms with Gasteiger partial charge in [-0.05, 0) is 88.2 Å². The lowest BCUT2D eigenvalue weighted by atomic mass is 9.48. The normalized spacial score (nSPS) is 27.9. The van der Waals surface area contributed by atoms with Crippen LogP contribution in [0.2, 0.25) is 5.02 Å². The van der Waals surface area contributed by atoms with Crippen LogP contribution in [0.15, 0.2) is 30.5 Å². The Balaban J connectivity index is 1.36. The SMILES string of the molecule is CC(C)(C)OC(=O)NC1(CNc2nc(NCc3ccccc3Cl)ncc2C#N)C2CC3CC(C2)CC1C3. The Morgan fingerprint density at radius 1 is 1.14 bits per heavy atom. The summed E-state index contributed by atoms with van der Waals surface area (Å²) in [5.74, 6) is 3.08. The van der Waals surface area contributed by atoms with Crippen molar-refractivity contribution in [2.45, 2.75) is 70.6 Å². The van der Waals surface area contributed by atoms with Crippen LogP contribution in [0.25, 0.3) is 0 Å². The van der Waals surface area contributed by atoms with E-state index in [2.05, 4.69) is 32.0 Å². The third kappa shape index (κ3) is 5.47. The highest BCUT2D eigenvalue weighted by Gasteiger charge is 2.58. The van der Waals surface area contributed by atoms with Crippen molar-refractivity contribution in [2.24, 2.45) is 23.7 Å². The molecule has 0 saturated heterocycles. The van der Waals surface area contributed by atoms with Crippen LogP contribution in [0.3, 0.4) is 0 Å². The third-order valence-corrected chi connectivity index (χ3v) is 8.55. The summed E-state index contributed by atoms with van der Waals surface area (Å²) >= 11 is 6.28. The highest BCUT2D eigenvalue weighted by Crippen LogP contribution is 2.58. The van der Waals surface area contributed by atoms with Gasteiger partial charge in [0.2, 0.25) is 5.95 Å². The Labute approximate surface area is 223 Å². The second-order valence-corrected chi connectivity index (χ2v) is 12.2. The molecular weight excluding hydrogens is 488 g/mol. The molecule has 6 rings (SSSR count). The van der Waals surface area contributed by atoms with Crippen LogP contribution in [-0.2, 0) is 11.3 Å². The predicted octanol–water partition coefficient (Wildman–Crippen LogP) is 5.75. The predicted molar refractivity (Wildman–Crippen MR) is 143 cm³/mol. The van der Waals surface area contributed by atoms with Gasteiger partial charge in [-0.15, -0.1) is 0 Å². The maximum absolute atomic E-state index is 13.0. The van der Waals surface area contributed by atoms with Gasteiger partial charge in [-0.1, -0.05) is 29.8 Å². The molecule has 1 amide bonds. The van der Waals surface area contributed by atoms with Crippen LogP contribution < -0.4 is 16.0 Å². The Kier molecular flexibility index (Phi) is 6.93. The summed E-state index contributed by atoms with van der Waals surface area (Å²) in [6.45, 7) is 6.58. The summed E-state index contributed by atoms with van der Waals surface area (Å²) in [6.07, 6.45) is 6.91. The van der Waals surface area contributed by atoms with Gasteiger partial charge >= 0.3 is 6.09 Å². The second kappa shape index (κ2) is 10.0. The quantitative estimate of drug-likeness (QED) is 0.424. The minimum Gasteiger partial charge on any atom is -0.444 e. The van der Waals surface area contributed by atoms with Crippen LogP contribution in [0.4, 0.5) is 16.6 Å². The molecule has 0 spiro atoms. The number of nitriles is 1. The van der Waals surface area contributed by atoms with E-state index in [-0.39, 0.29) is 6.09 Å². The first kappa shape index (κ1) is 25.6. The smallest absolute Gasteiger partial charge is 0.408 e. The molecule has 4 aliphatic rings. The van der Waals surface area contributed by atoms with Gasteiger partial charge in [0, 0.05) is 18.1 Å². The molecular formula is C28H35ClN6O2. The third-order valence-electron chi connectivity index (χ3n) is 8.18. The molecule has 0 unspecified atom stereocenters. The summed E-state index contributed by atoms with van der Waals surface area (Å²) in [7, 11) is 0. The molecule has 0 radical (unpaired) electrons. The molecule has 1 aromatic carbocycles. The standard InChI is InChI=1S/C28H35ClN6O2/c1-27(2,3)37-26(36)35-28(21-9-17-8-18(11-21)12-22(28)10-17)16-33-24-20(13-30)15-32-25(34-24)31-14-19-6-4-5-7-23(19)29/h4-7,15,17-18,21-22H,8-12,14,16H2,1-3H3,(H,35,36)(H2,31,32,33,34). The fraction of sp³-hybridized carbons (Fsp3) is 0.571. The number of aromatic nitrogens is 2. The topological polar surface area (TPSA) is 112 Å². The van der Waals surface area contributed by atoms with Crippen LogP contribution in [0.5, 0.6) is 0 Å². The number of amides is 1. The van der Waals surface area contributed by atoms with E-state index in [1.807, 2.05) is 45.0 Å². The number of benzene rings is 1. The molecule has 0 atom stereocenters. The summed E-state index contributed by atoms with van der Waals surface area (Å²) in [5.41, 5.74) is 0.270. The molecule has 37 heavy (non-hydrogen) atoms. The van der Waals surface area contributed by atoms with E-state index in [1.165, 1.54) is 12.6 Å². The van der Waals surface area contributed by atoms with E-state index >= 15 is 0 Å². The van der Waals surface area contributed by atoms with Crippen molar-refractivity contribution in [1.29, 1.82) is 5.26 Å². The Bertz CT molecular complexity index is 1180. The molecule has 1 heterocycles. The van der Waals surface area contributed by atoms with Gasteiger partial charge in [-0.3, -0.25) is 0 Å². The van der Waals surface area contributed by atoms with Crippen LogP contribution in [0.1, 0.15) is 64.0 Å². The van der Waals surface area contributed by atoms with Crippen molar-refractivity contribution in [3.8, 4) is 6.07 Å². The number of ether oxygens (including phenoxy) is 1. The molecule has 2 aromatic rings. The minimum absolute atomic E-state index is 0.361. The molecule has 3 N–H and O–H groups in total. The summed E-state index contributed by atoms with van der Waals surface area (Å²) in [4.78, 5) is 22.0. The van der Waals surface area contributed by atoms with Gasteiger partial charge in [-0.2, -0.15) is 10.2 Å². The van der Waals surface area contributed by atoms with Gasteiger partial charge in [-0.25, -0.2) is 9.78 Å². The Morgan fingerprint density at radius 3 is 2.43 bits per heavy atom. The zero-order chi connectivity index (χ0) is 26.2. The number of carbonyl (C=O) groups excluding carboxylic acids is 1. The van der Waals surface area contributed by atoms with Gasteiger partial charge in [0.15, 0.2) is 0 Å². The van der Waals surface area contributed by atoms with E-state index in [1.54, 1.807) is 0 Å². The molecule has 4 saturated carbocycles. The number of hydrogen-bond acceptors (Lipinski definition) is 7. The number of rotatable bonds is 7. The molecule has 1 aromatic heterocycles. The molecule has 9 heteroatoms. The monoisotopic (exact) mass is 522 g/mol. The number of carbonyl (C=O) groups is 1.